The van der Waals surface area contributed by atoms with Gasteiger partial charge in [-0.05, 0) is 62.4 Å². The van der Waals surface area contributed by atoms with Gasteiger partial charge in [0.15, 0.2) is 0 Å². The summed E-state index contributed by atoms with van der Waals surface area (Å²) in [4.78, 5) is 20.6. The van der Waals surface area contributed by atoms with Crippen LogP contribution in [0.2, 0.25) is 0 Å². The summed E-state index contributed by atoms with van der Waals surface area (Å²) in [5, 5.41) is 10.9. The number of nitrogens with one attached hydrogen (secondary N) is 2. The molecule has 2 heterocycles. The predicted octanol–water partition coefficient (Wildman–Crippen LogP) is 3.68. The maximum atomic E-state index is 12.7. The lowest BCUT2D eigenvalue weighted by atomic mass is 10.2. The third-order valence-corrected chi connectivity index (χ3v) is 6.91. The molecule has 0 saturated carbocycles. The molecule has 0 aliphatic rings. The Labute approximate surface area is 211 Å². The zero-order chi connectivity index (χ0) is 25.7. The third kappa shape index (κ3) is 6.37. The van der Waals surface area contributed by atoms with Gasteiger partial charge in [-0.1, -0.05) is 11.8 Å². The molecule has 0 bridgehead atoms. The summed E-state index contributed by atoms with van der Waals surface area (Å²) in [6.45, 7) is 3.43. The first-order valence-corrected chi connectivity index (χ1v) is 13.0. The minimum atomic E-state index is -3.85. The molecule has 4 aromatic rings. The number of rotatable bonds is 9. The van der Waals surface area contributed by atoms with Gasteiger partial charge in [0.2, 0.25) is 11.8 Å². The van der Waals surface area contributed by atoms with Gasteiger partial charge in [-0.15, -0.1) is 10.2 Å². The Morgan fingerprint density at radius 3 is 2.42 bits per heavy atom. The Morgan fingerprint density at radius 1 is 1.03 bits per heavy atom. The number of benzene rings is 2. The molecule has 186 valence electrons. The van der Waals surface area contributed by atoms with E-state index in [0.717, 1.165) is 17.3 Å². The molecule has 13 heteroatoms. The van der Waals surface area contributed by atoms with Crippen molar-refractivity contribution < 1.29 is 22.4 Å². The highest BCUT2D eigenvalue weighted by atomic mass is 32.2. The molecule has 4 rings (SSSR count). The molecule has 0 atom stereocenters. The number of hydrogen-bond donors (Lipinski definition) is 2. The van der Waals surface area contributed by atoms with Gasteiger partial charge in [0.05, 0.1) is 17.8 Å². The van der Waals surface area contributed by atoms with Gasteiger partial charge in [-0.3, -0.25) is 9.52 Å². The average molecular weight is 527 g/mol. The fourth-order valence-corrected chi connectivity index (χ4v) is 4.68. The molecule has 0 aliphatic carbocycles. The van der Waals surface area contributed by atoms with Crippen LogP contribution in [0.5, 0.6) is 5.75 Å². The molecule has 2 aromatic carbocycles. The van der Waals surface area contributed by atoms with E-state index in [1.807, 2.05) is 0 Å². The Hall–Kier alpha value is -3.97. The number of methoxy groups -OCH3 is 1. The number of anilines is 2. The molecule has 0 fully saturated rings. The van der Waals surface area contributed by atoms with Crippen LogP contribution in [0.25, 0.3) is 11.5 Å². The number of thioether (sulfide) groups is 1. The van der Waals surface area contributed by atoms with Gasteiger partial charge in [0.1, 0.15) is 17.4 Å². The van der Waals surface area contributed by atoms with Gasteiger partial charge in [0.25, 0.3) is 15.2 Å². The number of hydrogen-bond acceptors (Lipinski definition) is 10. The number of carbonyl (C=O) groups is 1. The fourth-order valence-electron chi connectivity index (χ4n) is 3.13. The van der Waals surface area contributed by atoms with E-state index >= 15 is 0 Å². The Bertz CT molecular complexity index is 1450. The smallest absolute Gasteiger partial charge is 0.277 e. The van der Waals surface area contributed by atoms with Gasteiger partial charge >= 0.3 is 0 Å². The number of sulfonamides is 1. The van der Waals surface area contributed by atoms with Gasteiger partial charge < -0.3 is 14.5 Å². The molecular formula is C23H22N6O5S2. The molecule has 11 nitrogen and oxygen atoms in total. The van der Waals surface area contributed by atoms with Crippen molar-refractivity contribution in [1.82, 2.24) is 20.2 Å². The summed E-state index contributed by atoms with van der Waals surface area (Å²) in [5.41, 5.74) is 1.82. The first-order valence-electron chi connectivity index (χ1n) is 10.6. The van der Waals surface area contributed by atoms with Gasteiger partial charge in [0, 0.05) is 23.0 Å². The zero-order valence-electron chi connectivity index (χ0n) is 19.5. The van der Waals surface area contributed by atoms with Crippen LogP contribution in [0.4, 0.5) is 11.5 Å². The highest BCUT2D eigenvalue weighted by Gasteiger charge is 2.16. The SMILES string of the molecule is COc1ccc(-c2nnc(SCC(=O)Nc3ccc(S(=O)(=O)Nc4cc(C)nc(C)n4)cc3)o2)cc1. The molecule has 1 amide bonds. The van der Waals surface area contributed by atoms with Crippen molar-refractivity contribution in [2.24, 2.45) is 0 Å². The first-order chi connectivity index (χ1) is 17.2. The summed E-state index contributed by atoms with van der Waals surface area (Å²) in [6, 6.07) is 14.5. The second kappa shape index (κ2) is 10.7. The van der Waals surface area contributed by atoms with Crippen LogP contribution >= 0.6 is 11.8 Å². The second-order valence-corrected chi connectivity index (χ2v) is 10.1. The van der Waals surface area contributed by atoms with Crippen molar-refractivity contribution >= 4 is 39.2 Å². The van der Waals surface area contributed by atoms with E-state index in [4.69, 9.17) is 9.15 Å². The van der Waals surface area contributed by atoms with E-state index in [-0.39, 0.29) is 27.6 Å². The van der Waals surface area contributed by atoms with Crippen molar-refractivity contribution in [3.63, 3.8) is 0 Å². The highest BCUT2D eigenvalue weighted by Crippen LogP contribution is 2.25. The largest absolute Gasteiger partial charge is 0.497 e. The van der Waals surface area contributed by atoms with E-state index in [1.54, 1.807) is 51.3 Å². The minimum absolute atomic E-state index is 0.0261. The second-order valence-electron chi connectivity index (χ2n) is 7.51. The number of nitrogens with zero attached hydrogens (tertiary/aromatic N) is 4. The summed E-state index contributed by atoms with van der Waals surface area (Å²) in [5.74, 6) is 1.40. The molecular weight excluding hydrogens is 504 g/mol. The molecule has 0 saturated heterocycles. The molecule has 0 aliphatic heterocycles. The predicted molar refractivity (Wildman–Crippen MR) is 134 cm³/mol. The first kappa shape index (κ1) is 25.1. The lowest BCUT2D eigenvalue weighted by Gasteiger charge is -2.09. The minimum Gasteiger partial charge on any atom is -0.497 e. The van der Waals surface area contributed by atoms with Crippen molar-refractivity contribution in [1.29, 1.82) is 0 Å². The van der Waals surface area contributed by atoms with Crippen molar-refractivity contribution in [3.05, 3.63) is 66.1 Å². The van der Waals surface area contributed by atoms with Crippen LogP contribution in [-0.4, -0.2) is 47.4 Å². The monoisotopic (exact) mass is 526 g/mol. The molecule has 0 spiro atoms. The van der Waals surface area contributed by atoms with E-state index in [2.05, 4.69) is 30.2 Å². The van der Waals surface area contributed by atoms with E-state index in [0.29, 0.717) is 28.8 Å². The summed E-state index contributed by atoms with van der Waals surface area (Å²) < 4.78 is 38.5. The lowest BCUT2D eigenvalue weighted by molar-refractivity contribution is -0.113. The Balaban J connectivity index is 1.32. The molecule has 36 heavy (non-hydrogen) atoms. The summed E-state index contributed by atoms with van der Waals surface area (Å²) in [6.07, 6.45) is 0. The lowest BCUT2D eigenvalue weighted by Crippen LogP contribution is -2.16. The van der Waals surface area contributed by atoms with Gasteiger partial charge in [-0.25, -0.2) is 18.4 Å². The van der Waals surface area contributed by atoms with Gasteiger partial charge in [-0.2, -0.15) is 0 Å². The topological polar surface area (TPSA) is 149 Å². The number of aromatic nitrogens is 4. The van der Waals surface area contributed by atoms with E-state index in [1.165, 1.54) is 24.3 Å². The van der Waals surface area contributed by atoms with E-state index < -0.39 is 10.0 Å². The Kier molecular flexibility index (Phi) is 7.50. The van der Waals surface area contributed by atoms with Crippen LogP contribution in [0.1, 0.15) is 11.5 Å². The van der Waals surface area contributed by atoms with Crippen molar-refractivity contribution in [2.45, 2.75) is 24.0 Å². The Morgan fingerprint density at radius 2 is 1.75 bits per heavy atom. The standard InChI is InChI=1S/C23H22N6O5S2/c1-14-12-20(25-15(2)24-14)29-36(31,32)19-10-6-17(7-11-19)26-21(30)13-35-23-28-27-22(34-23)16-4-8-18(33-3)9-5-16/h4-12H,13H2,1-3H3,(H,26,30)(H,24,25,29). The van der Waals surface area contributed by atoms with Crippen LogP contribution in [0, 0.1) is 13.8 Å². The maximum Gasteiger partial charge on any atom is 0.277 e. The fraction of sp³-hybridized carbons (Fsp3) is 0.174. The summed E-state index contributed by atoms with van der Waals surface area (Å²) >= 11 is 1.09. The van der Waals surface area contributed by atoms with Crippen LogP contribution in [0.15, 0.2) is 69.1 Å². The van der Waals surface area contributed by atoms with Crippen LogP contribution in [-0.2, 0) is 14.8 Å². The van der Waals surface area contributed by atoms with Crippen LogP contribution in [0.3, 0.4) is 0 Å². The van der Waals surface area contributed by atoms with Crippen LogP contribution < -0.4 is 14.8 Å². The zero-order valence-corrected chi connectivity index (χ0v) is 21.2. The number of aryl methyl sites for hydroxylation is 2. The molecule has 2 N–H and O–H groups in total. The van der Waals surface area contributed by atoms with Crippen molar-refractivity contribution in [3.8, 4) is 17.2 Å². The molecule has 0 unspecified atom stereocenters. The molecule has 0 radical (unpaired) electrons. The highest BCUT2D eigenvalue weighted by molar-refractivity contribution is 7.99. The number of amides is 1. The number of carbonyl (C=O) groups excluding carboxylic acids is 1. The quantitative estimate of drug-likeness (QED) is 0.309. The van der Waals surface area contributed by atoms with Crippen molar-refractivity contribution in [2.75, 3.05) is 22.9 Å². The number of ether oxygens (including phenoxy) is 1. The summed E-state index contributed by atoms with van der Waals surface area (Å²) in [7, 11) is -2.27. The molecule has 2 aromatic heterocycles. The van der Waals surface area contributed by atoms with E-state index in [9.17, 15) is 13.2 Å². The third-order valence-electron chi connectivity index (χ3n) is 4.72. The normalized spacial score (nSPS) is 11.2. The average Bonchev–Trinajstić information content (AvgIpc) is 3.31. The maximum absolute atomic E-state index is 12.7.